The Bertz CT molecular complexity index is 723. The van der Waals surface area contributed by atoms with Crippen molar-refractivity contribution in [2.75, 3.05) is 0 Å². The Morgan fingerprint density at radius 3 is 2.57 bits per heavy atom. The van der Waals surface area contributed by atoms with Gasteiger partial charge in [-0.25, -0.2) is 0 Å². The number of carbonyl (C=O) groups excluding carboxylic acids is 3. The SMILES string of the molecule is CC(NC(=O)c1ccoc1)C(=O)NNC(=O)c1cc(Br)cn1C. The normalized spacial score (nSPS) is 11.6. The van der Waals surface area contributed by atoms with Crippen LogP contribution in [0.5, 0.6) is 0 Å². The zero-order chi connectivity index (χ0) is 17.0. The van der Waals surface area contributed by atoms with E-state index in [-0.39, 0.29) is 0 Å². The Balaban J connectivity index is 1.85. The minimum absolute atomic E-state index is 0.308. The van der Waals surface area contributed by atoms with Gasteiger partial charge in [0.2, 0.25) is 0 Å². The molecule has 2 heterocycles. The number of aromatic nitrogens is 1. The van der Waals surface area contributed by atoms with E-state index in [1.54, 1.807) is 23.9 Å². The molecule has 0 fully saturated rings. The molecule has 8 nitrogen and oxygen atoms in total. The summed E-state index contributed by atoms with van der Waals surface area (Å²) in [7, 11) is 1.70. The fourth-order valence-corrected chi connectivity index (χ4v) is 2.30. The van der Waals surface area contributed by atoms with Crippen LogP contribution in [-0.2, 0) is 11.8 Å². The average molecular weight is 383 g/mol. The van der Waals surface area contributed by atoms with E-state index in [0.29, 0.717) is 11.3 Å². The number of hydrogen-bond acceptors (Lipinski definition) is 4. The third-order valence-corrected chi connectivity index (χ3v) is 3.46. The summed E-state index contributed by atoms with van der Waals surface area (Å²) < 4.78 is 7.15. The van der Waals surface area contributed by atoms with Crippen LogP contribution >= 0.6 is 15.9 Å². The second-order valence-corrected chi connectivity index (χ2v) is 5.72. The van der Waals surface area contributed by atoms with Crippen LogP contribution in [0, 0.1) is 0 Å². The molecule has 0 saturated heterocycles. The number of hydrazine groups is 1. The Morgan fingerprint density at radius 2 is 2.00 bits per heavy atom. The number of rotatable bonds is 4. The molecule has 2 rings (SSSR count). The minimum atomic E-state index is -0.835. The summed E-state index contributed by atoms with van der Waals surface area (Å²) in [6, 6.07) is 2.26. The molecule has 0 saturated carbocycles. The van der Waals surface area contributed by atoms with Gasteiger partial charge in [0, 0.05) is 17.7 Å². The van der Waals surface area contributed by atoms with Gasteiger partial charge in [-0.15, -0.1) is 0 Å². The molecule has 0 bridgehead atoms. The number of nitrogens with one attached hydrogen (secondary N) is 3. The molecule has 3 amide bonds. The molecular formula is C14H15BrN4O4. The highest BCUT2D eigenvalue weighted by Crippen LogP contribution is 2.13. The van der Waals surface area contributed by atoms with E-state index in [9.17, 15) is 14.4 Å². The Kier molecular flexibility index (Phi) is 5.22. The van der Waals surface area contributed by atoms with E-state index in [2.05, 4.69) is 32.1 Å². The standard InChI is InChI=1S/C14H15BrN4O4/c1-8(16-13(21)9-3-4-23-7-9)12(20)17-18-14(22)11-5-10(15)6-19(11)2/h3-8H,1-2H3,(H,16,21)(H,17,20)(H,18,22). The van der Waals surface area contributed by atoms with Crippen LogP contribution in [0.1, 0.15) is 27.8 Å². The van der Waals surface area contributed by atoms with Crippen molar-refractivity contribution in [2.45, 2.75) is 13.0 Å². The van der Waals surface area contributed by atoms with Crippen molar-refractivity contribution in [1.29, 1.82) is 0 Å². The Hall–Kier alpha value is -2.55. The second-order valence-electron chi connectivity index (χ2n) is 4.81. The topological polar surface area (TPSA) is 105 Å². The maximum absolute atomic E-state index is 11.9. The van der Waals surface area contributed by atoms with Crippen molar-refractivity contribution in [3.63, 3.8) is 0 Å². The van der Waals surface area contributed by atoms with Gasteiger partial charge in [0.1, 0.15) is 18.0 Å². The number of furan rings is 1. The minimum Gasteiger partial charge on any atom is -0.472 e. The molecule has 0 spiro atoms. The molecule has 3 N–H and O–H groups in total. The molecule has 0 aromatic carbocycles. The molecule has 0 aliphatic heterocycles. The van der Waals surface area contributed by atoms with E-state index in [1.807, 2.05) is 0 Å². The van der Waals surface area contributed by atoms with Crippen molar-refractivity contribution in [3.05, 3.63) is 46.6 Å². The van der Waals surface area contributed by atoms with Crippen molar-refractivity contribution >= 4 is 33.7 Å². The number of hydrogen-bond donors (Lipinski definition) is 3. The summed E-state index contributed by atoms with van der Waals surface area (Å²) in [4.78, 5) is 35.6. The van der Waals surface area contributed by atoms with Gasteiger partial charge in [0.25, 0.3) is 17.7 Å². The van der Waals surface area contributed by atoms with Gasteiger partial charge in [-0.05, 0) is 35.0 Å². The number of amides is 3. The summed E-state index contributed by atoms with van der Waals surface area (Å²) in [6.45, 7) is 1.50. The van der Waals surface area contributed by atoms with Gasteiger partial charge in [-0.1, -0.05) is 0 Å². The maximum Gasteiger partial charge on any atom is 0.286 e. The average Bonchev–Trinajstić information content (AvgIpc) is 3.13. The first-order valence-electron chi connectivity index (χ1n) is 6.63. The third-order valence-electron chi connectivity index (χ3n) is 3.03. The lowest BCUT2D eigenvalue weighted by Crippen LogP contribution is -2.51. The van der Waals surface area contributed by atoms with E-state index >= 15 is 0 Å². The molecular weight excluding hydrogens is 368 g/mol. The summed E-state index contributed by atoms with van der Waals surface area (Å²) in [6.07, 6.45) is 4.34. The molecule has 2 aromatic rings. The predicted molar refractivity (Wildman–Crippen MR) is 84.4 cm³/mol. The molecule has 0 radical (unpaired) electrons. The van der Waals surface area contributed by atoms with Gasteiger partial charge < -0.3 is 14.3 Å². The molecule has 1 unspecified atom stereocenters. The number of nitrogens with zero attached hydrogens (tertiary/aromatic N) is 1. The van der Waals surface area contributed by atoms with Crippen LogP contribution < -0.4 is 16.2 Å². The Labute approximate surface area is 140 Å². The van der Waals surface area contributed by atoms with Crippen LogP contribution in [0.2, 0.25) is 0 Å². The number of carbonyl (C=O) groups is 3. The summed E-state index contributed by atoms with van der Waals surface area (Å²) in [5.41, 5.74) is 5.23. The fraction of sp³-hybridized carbons (Fsp3) is 0.214. The van der Waals surface area contributed by atoms with E-state index in [1.165, 1.54) is 25.5 Å². The lowest BCUT2D eigenvalue weighted by Gasteiger charge is -2.14. The van der Waals surface area contributed by atoms with Crippen molar-refractivity contribution < 1.29 is 18.8 Å². The quantitative estimate of drug-likeness (QED) is 0.684. The second kappa shape index (κ2) is 7.14. The van der Waals surface area contributed by atoms with E-state index in [0.717, 1.165) is 4.47 Å². The van der Waals surface area contributed by atoms with Crippen molar-refractivity contribution in [1.82, 2.24) is 20.7 Å². The van der Waals surface area contributed by atoms with Crippen LogP contribution in [0.15, 0.2) is 39.7 Å². The highest BCUT2D eigenvalue weighted by atomic mass is 79.9. The molecule has 9 heteroatoms. The number of halogens is 1. The van der Waals surface area contributed by atoms with E-state index < -0.39 is 23.8 Å². The van der Waals surface area contributed by atoms with Crippen LogP contribution in [-0.4, -0.2) is 28.3 Å². The zero-order valence-electron chi connectivity index (χ0n) is 12.4. The monoisotopic (exact) mass is 382 g/mol. The lowest BCUT2D eigenvalue weighted by atomic mass is 10.2. The van der Waals surface area contributed by atoms with Crippen molar-refractivity contribution in [2.24, 2.45) is 7.05 Å². The smallest absolute Gasteiger partial charge is 0.286 e. The van der Waals surface area contributed by atoms with Gasteiger partial charge in [0.15, 0.2) is 0 Å². The summed E-state index contributed by atoms with van der Waals surface area (Å²) in [5, 5.41) is 2.49. The largest absolute Gasteiger partial charge is 0.472 e. The Morgan fingerprint density at radius 1 is 1.26 bits per heavy atom. The molecule has 0 aliphatic rings. The maximum atomic E-state index is 11.9. The molecule has 122 valence electrons. The fourth-order valence-electron chi connectivity index (χ4n) is 1.78. The molecule has 23 heavy (non-hydrogen) atoms. The number of aryl methyl sites for hydroxylation is 1. The first kappa shape index (κ1) is 16.8. The highest BCUT2D eigenvalue weighted by Gasteiger charge is 2.18. The lowest BCUT2D eigenvalue weighted by molar-refractivity contribution is -0.123. The summed E-state index contributed by atoms with van der Waals surface area (Å²) in [5.74, 6) is -1.47. The first-order chi connectivity index (χ1) is 10.9. The van der Waals surface area contributed by atoms with E-state index in [4.69, 9.17) is 4.42 Å². The molecule has 0 aliphatic carbocycles. The third kappa shape index (κ3) is 4.22. The van der Waals surface area contributed by atoms with Crippen LogP contribution in [0.25, 0.3) is 0 Å². The zero-order valence-corrected chi connectivity index (χ0v) is 14.0. The van der Waals surface area contributed by atoms with Gasteiger partial charge >= 0.3 is 0 Å². The predicted octanol–water partition coefficient (Wildman–Crippen LogP) is 0.960. The first-order valence-corrected chi connectivity index (χ1v) is 7.43. The van der Waals surface area contributed by atoms with Gasteiger partial charge in [-0.2, -0.15) is 0 Å². The molecule has 1 atom stereocenters. The van der Waals surface area contributed by atoms with Crippen LogP contribution in [0.4, 0.5) is 0 Å². The van der Waals surface area contributed by atoms with Crippen molar-refractivity contribution in [3.8, 4) is 0 Å². The van der Waals surface area contributed by atoms with Crippen LogP contribution in [0.3, 0.4) is 0 Å². The summed E-state index contributed by atoms with van der Waals surface area (Å²) >= 11 is 3.26. The van der Waals surface area contributed by atoms with Gasteiger partial charge in [-0.3, -0.25) is 25.2 Å². The molecule has 2 aromatic heterocycles. The van der Waals surface area contributed by atoms with Gasteiger partial charge in [0.05, 0.1) is 11.8 Å². The highest BCUT2D eigenvalue weighted by molar-refractivity contribution is 9.10.